The Labute approximate surface area is 73.2 Å². The number of carbonyl (C=O) groups is 1. The summed E-state index contributed by atoms with van der Waals surface area (Å²) < 4.78 is 0. The molecule has 0 aromatic carbocycles. The molecule has 2 heteroatoms. The van der Waals surface area contributed by atoms with E-state index in [0.29, 0.717) is 5.57 Å². The van der Waals surface area contributed by atoms with Gasteiger partial charge in [0.25, 0.3) is 0 Å². The van der Waals surface area contributed by atoms with Crippen molar-refractivity contribution in [3.8, 4) is 12.3 Å². The molecule has 0 radical (unpaired) electrons. The lowest BCUT2D eigenvalue weighted by Crippen LogP contribution is -2.09. The van der Waals surface area contributed by atoms with Crippen LogP contribution in [0.4, 0.5) is 0 Å². The van der Waals surface area contributed by atoms with E-state index in [0.717, 1.165) is 12.8 Å². The number of hydrogen-bond acceptors (Lipinski definition) is 2. The van der Waals surface area contributed by atoms with Gasteiger partial charge >= 0.3 is 0 Å². The fraction of sp³-hybridized carbons (Fsp3) is 0.500. The summed E-state index contributed by atoms with van der Waals surface area (Å²) in [4.78, 5) is 13.2. The maximum Gasteiger partial charge on any atom is 0.175 e. The second-order valence-electron chi connectivity index (χ2n) is 3.29. The summed E-state index contributed by atoms with van der Waals surface area (Å²) in [5.41, 5.74) is 0.502. The fourth-order valence-corrected chi connectivity index (χ4v) is 0.996. The summed E-state index contributed by atoms with van der Waals surface area (Å²) in [7, 11) is 3.72. The molecule has 0 N–H and O–H groups in total. The molecule has 1 rings (SSSR count). The van der Waals surface area contributed by atoms with Crippen LogP contribution in [0.5, 0.6) is 0 Å². The van der Waals surface area contributed by atoms with Crippen molar-refractivity contribution < 1.29 is 4.79 Å². The highest BCUT2D eigenvalue weighted by Gasteiger charge is 2.31. The van der Waals surface area contributed by atoms with Crippen LogP contribution in [-0.4, -0.2) is 24.8 Å². The van der Waals surface area contributed by atoms with E-state index in [2.05, 4.69) is 5.92 Å². The molecule has 2 nitrogen and oxygen atoms in total. The van der Waals surface area contributed by atoms with Crippen LogP contribution in [0.3, 0.4) is 0 Å². The lowest BCUT2D eigenvalue weighted by Gasteiger charge is -2.05. The second kappa shape index (κ2) is 3.44. The van der Waals surface area contributed by atoms with Crippen molar-refractivity contribution in [2.75, 3.05) is 14.1 Å². The van der Waals surface area contributed by atoms with Crippen molar-refractivity contribution in [2.45, 2.75) is 12.8 Å². The minimum atomic E-state index is 0.131. The standard InChI is InChI=1S/C10H13NO/c1-4-8(7-11(2)3)10(12)9-5-6-9/h1,7,9H,5-6H2,2-3H3/b8-7+. The number of terminal acetylenes is 1. The van der Waals surface area contributed by atoms with Crippen molar-refractivity contribution >= 4 is 5.78 Å². The number of nitrogens with zero attached hydrogens (tertiary/aromatic N) is 1. The fourth-order valence-electron chi connectivity index (χ4n) is 0.996. The van der Waals surface area contributed by atoms with E-state index in [9.17, 15) is 4.79 Å². The Bertz CT molecular complexity index is 254. The molecular weight excluding hydrogens is 150 g/mol. The molecule has 0 heterocycles. The molecule has 0 aromatic rings. The van der Waals surface area contributed by atoms with E-state index < -0.39 is 0 Å². The molecular formula is C10H13NO. The van der Waals surface area contributed by atoms with E-state index in [-0.39, 0.29) is 11.7 Å². The topological polar surface area (TPSA) is 20.3 Å². The third-order valence-corrected chi connectivity index (χ3v) is 1.76. The molecule has 0 bridgehead atoms. The van der Waals surface area contributed by atoms with Gasteiger partial charge in [-0.1, -0.05) is 5.92 Å². The first-order valence-corrected chi connectivity index (χ1v) is 4.04. The van der Waals surface area contributed by atoms with Gasteiger partial charge in [-0.2, -0.15) is 0 Å². The zero-order valence-electron chi connectivity index (χ0n) is 7.50. The van der Waals surface area contributed by atoms with Crippen LogP contribution in [-0.2, 0) is 4.79 Å². The van der Waals surface area contributed by atoms with Crippen molar-refractivity contribution in [3.63, 3.8) is 0 Å². The Morgan fingerprint density at radius 1 is 1.58 bits per heavy atom. The van der Waals surface area contributed by atoms with Gasteiger partial charge in [-0.15, -0.1) is 6.42 Å². The van der Waals surface area contributed by atoms with Gasteiger partial charge in [-0.3, -0.25) is 4.79 Å². The molecule has 0 unspecified atom stereocenters. The zero-order chi connectivity index (χ0) is 9.14. The van der Waals surface area contributed by atoms with Gasteiger partial charge in [0.1, 0.15) is 0 Å². The molecule has 1 aliphatic rings. The average Bonchev–Trinajstić information content (AvgIpc) is 2.80. The van der Waals surface area contributed by atoms with Crippen LogP contribution in [0.1, 0.15) is 12.8 Å². The number of allylic oxidation sites excluding steroid dienone is 1. The third-order valence-electron chi connectivity index (χ3n) is 1.76. The second-order valence-corrected chi connectivity index (χ2v) is 3.29. The highest BCUT2D eigenvalue weighted by Crippen LogP contribution is 2.32. The number of Topliss-reactive ketones (excluding diaryl/α,β-unsaturated/α-hetero) is 1. The van der Waals surface area contributed by atoms with Crippen molar-refractivity contribution in [3.05, 3.63) is 11.8 Å². The van der Waals surface area contributed by atoms with E-state index in [4.69, 9.17) is 6.42 Å². The Kier molecular flexibility index (Phi) is 2.54. The molecule has 12 heavy (non-hydrogen) atoms. The number of hydrogen-bond donors (Lipinski definition) is 0. The molecule has 0 atom stereocenters. The Hall–Kier alpha value is -1.23. The van der Waals surface area contributed by atoms with Gasteiger partial charge in [0, 0.05) is 26.2 Å². The Balaban J connectivity index is 2.68. The molecule has 0 amide bonds. The highest BCUT2D eigenvalue weighted by molar-refractivity contribution is 6.02. The van der Waals surface area contributed by atoms with Crippen LogP contribution >= 0.6 is 0 Å². The Morgan fingerprint density at radius 2 is 2.17 bits per heavy atom. The summed E-state index contributed by atoms with van der Waals surface area (Å²) in [6, 6.07) is 0. The van der Waals surface area contributed by atoms with Gasteiger partial charge in [-0.05, 0) is 12.8 Å². The monoisotopic (exact) mass is 163 g/mol. The first kappa shape index (κ1) is 8.86. The van der Waals surface area contributed by atoms with E-state index in [1.807, 2.05) is 14.1 Å². The predicted octanol–water partition coefficient (Wildman–Crippen LogP) is 1.04. The molecule has 0 aromatic heterocycles. The molecule has 0 saturated heterocycles. The summed E-state index contributed by atoms with van der Waals surface area (Å²) in [6.07, 6.45) is 8.94. The van der Waals surface area contributed by atoms with E-state index in [1.165, 1.54) is 0 Å². The molecule has 1 fully saturated rings. The van der Waals surface area contributed by atoms with Gasteiger partial charge in [0.2, 0.25) is 0 Å². The highest BCUT2D eigenvalue weighted by atomic mass is 16.1. The van der Waals surface area contributed by atoms with Gasteiger partial charge in [-0.25, -0.2) is 0 Å². The summed E-state index contributed by atoms with van der Waals surface area (Å²) in [5, 5.41) is 0. The predicted molar refractivity (Wildman–Crippen MR) is 48.3 cm³/mol. The first-order valence-electron chi connectivity index (χ1n) is 4.04. The van der Waals surface area contributed by atoms with Crippen molar-refractivity contribution in [1.29, 1.82) is 0 Å². The molecule has 0 aliphatic heterocycles. The number of ketones is 1. The maximum atomic E-state index is 11.4. The minimum absolute atomic E-state index is 0.131. The van der Waals surface area contributed by atoms with Crippen molar-refractivity contribution in [2.24, 2.45) is 5.92 Å². The summed E-state index contributed by atoms with van der Waals surface area (Å²) in [5.74, 6) is 2.77. The zero-order valence-corrected chi connectivity index (χ0v) is 7.50. The number of rotatable bonds is 3. The van der Waals surface area contributed by atoms with Gasteiger partial charge < -0.3 is 4.90 Å². The van der Waals surface area contributed by atoms with Gasteiger partial charge in [0.05, 0.1) is 5.57 Å². The van der Waals surface area contributed by atoms with Crippen LogP contribution in [0.2, 0.25) is 0 Å². The largest absolute Gasteiger partial charge is 0.382 e. The quantitative estimate of drug-likeness (QED) is 0.458. The molecule has 64 valence electrons. The first-order chi connectivity index (χ1) is 5.65. The third kappa shape index (κ3) is 2.13. The molecule has 0 spiro atoms. The SMILES string of the molecule is C#C/C(=C\N(C)C)C(=O)C1CC1. The van der Waals surface area contributed by atoms with Crippen LogP contribution in [0.15, 0.2) is 11.8 Å². The normalized spacial score (nSPS) is 16.9. The minimum Gasteiger partial charge on any atom is -0.382 e. The summed E-state index contributed by atoms with van der Waals surface area (Å²) >= 11 is 0. The van der Waals surface area contributed by atoms with E-state index in [1.54, 1.807) is 11.1 Å². The van der Waals surface area contributed by atoms with Crippen LogP contribution in [0, 0.1) is 18.3 Å². The number of carbonyl (C=O) groups excluding carboxylic acids is 1. The van der Waals surface area contributed by atoms with Crippen LogP contribution in [0.25, 0.3) is 0 Å². The van der Waals surface area contributed by atoms with Crippen LogP contribution < -0.4 is 0 Å². The summed E-state index contributed by atoms with van der Waals surface area (Å²) in [6.45, 7) is 0. The average molecular weight is 163 g/mol. The van der Waals surface area contributed by atoms with E-state index >= 15 is 0 Å². The lowest BCUT2D eigenvalue weighted by atomic mass is 10.1. The molecule has 1 aliphatic carbocycles. The van der Waals surface area contributed by atoms with Gasteiger partial charge in [0.15, 0.2) is 5.78 Å². The van der Waals surface area contributed by atoms with Crippen molar-refractivity contribution in [1.82, 2.24) is 4.90 Å². The smallest absolute Gasteiger partial charge is 0.175 e. The lowest BCUT2D eigenvalue weighted by molar-refractivity contribution is -0.116. The maximum absolute atomic E-state index is 11.4. The molecule has 1 saturated carbocycles. The Morgan fingerprint density at radius 3 is 2.50 bits per heavy atom.